The zero-order valence-corrected chi connectivity index (χ0v) is 55.0. The average molecular weight is 1190 g/mol. The van der Waals surface area contributed by atoms with E-state index in [1.807, 2.05) is 0 Å². The van der Waals surface area contributed by atoms with Crippen LogP contribution in [0.15, 0.2) is 133 Å². The van der Waals surface area contributed by atoms with E-state index >= 15 is 0 Å². The Morgan fingerprint density at radius 3 is 1.09 bits per heavy atom. The summed E-state index contributed by atoms with van der Waals surface area (Å²) < 4.78 is 35.7. The van der Waals surface area contributed by atoms with Crippen LogP contribution in [0.3, 0.4) is 0 Å². The Kier molecular flexibility index (Phi) is 28.9. The third-order valence-corrected chi connectivity index (χ3v) is 19.6. The predicted molar refractivity (Wildman–Crippen MR) is 370 cm³/mol. The van der Waals surface area contributed by atoms with Crippen LogP contribution < -0.4 is 9.47 Å². The fraction of sp³-hybridized carbons (Fsp3) is 0.561. The van der Waals surface area contributed by atoms with Gasteiger partial charge in [-0.15, -0.1) is 0 Å². The molecule has 2 fully saturated rings. The van der Waals surface area contributed by atoms with Crippen molar-refractivity contribution in [3.63, 3.8) is 0 Å². The molecule has 3 atom stereocenters. The molecule has 3 unspecified atom stereocenters. The summed E-state index contributed by atoms with van der Waals surface area (Å²) in [6.45, 7) is 12.0. The van der Waals surface area contributed by atoms with Crippen LogP contribution in [0.5, 0.6) is 11.5 Å². The number of fused-ring (bicyclic) bond motifs is 3. The maximum Gasteiger partial charge on any atom is 0.157 e. The van der Waals surface area contributed by atoms with E-state index in [0.717, 1.165) is 89.7 Å². The fourth-order valence-corrected chi connectivity index (χ4v) is 14.4. The van der Waals surface area contributed by atoms with E-state index < -0.39 is 0 Å². The molecule has 2 saturated heterocycles. The molecule has 2 aliphatic heterocycles. The van der Waals surface area contributed by atoms with Crippen LogP contribution in [-0.4, -0.2) is 52.2 Å². The molecule has 0 aromatic heterocycles. The molecule has 6 nitrogen and oxygen atoms in total. The average Bonchev–Trinajstić information content (AvgIpc) is 1.61. The van der Waals surface area contributed by atoms with Gasteiger partial charge in [-0.05, 0) is 186 Å². The standard InChI is InChI=1S/C82H112O6/c1-4-7-9-11-17-23-33-73(6-3)82(56-26-18-12-10-8-5-2)78-63-71(69-40-36-65(37-41-69)67-44-50-74(51-45-67)83-57-27-19-13-15-21-29-59-85-80-34-24-31-61-87-80)48-54-76(78)77-55-49-72(64-79(77)82)70-42-38-66(39-43-70)68-46-52-75(53-47-68)84-58-28-20-14-16-22-30-60-86-81-35-25-32-62-88-81/h36-55,63-64,73,80-81H,4-35,56-62H2,1-3H3. The number of ether oxygens (including phenoxy) is 6. The molecule has 0 bridgehead atoms. The van der Waals surface area contributed by atoms with Crippen LogP contribution in [0.2, 0.25) is 0 Å². The quantitative estimate of drug-likeness (QED) is 0.0356. The summed E-state index contributed by atoms with van der Waals surface area (Å²) in [5.74, 6) is 2.45. The molecule has 0 spiro atoms. The van der Waals surface area contributed by atoms with E-state index in [2.05, 4.69) is 154 Å². The summed E-state index contributed by atoms with van der Waals surface area (Å²) in [5, 5.41) is 0. The van der Waals surface area contributed by atoms with Crippen molar-refractivity contribution in [2.24, 2.45) is 5.92 Å². The largest absolute Gasteiger partial charge is 0.494 e. The molecule has 3 aliphatic rings. The van der Waals surface area contributed by atoms with Crippen molar-refractivity contribution in [2.75, 3.05) is 39.6 Å². The molecule has 0 amide bonds. The number of benzene rings is 6. The van der Waals surface area contributed by atoms with Crippen LogP contribution in [0.1, 0.15) is 244 Å². The normalized spacial score (nSPS) is 17.6. The number of rotatable bonds is 42. The van der Waals surface area contributed by atoms with Gasteiger partial charge in [0.25, 0.3) is 0 Å². The summed E-state index contributed by atoms with van der Waals surface area (Å²) in [4.78, 5) is 0. The molecular formula is C82H112O6. The van der Waals surface area contributed by atoms with E-state index in [4.69, 9.17) is 28.4 Å². The zero-order chi connectivity index (χ0) is 60.7. The van der Waals surface area contributed by atoms with Crippen molar-refractivity contribution in [2.45, 2.75) is 251 Å². The lowest BCUT2D eigenvalue weighted by Crippen LogP contribution is -2.35. The number of unbranched alkanes of at least 4 members (excludes halogenated alkanes) is 20. The lowest BCUT2D eigenvalue weighted by atomic mass is 9.62. The maximum atomic E-state index is 6.22. The van der Waals surface area contributed by atoms with Crippen molar-refractivity contribution >= 4 is 0 Å². The summed E-state index contributed by atoms with van der Waals surface area (Å²) in [6, 6.07) is 51.2. The predicted octanol–water partition coefficient (Wildman–Crippen LogP) is 23.7. The Morgan fingerprint density at radius 1 is 0.364 bits per heavy atom. The molecule has 2 heterocycles. The SMILES string of the molecule is CCCCCCCCC(CC)C1(CCCCCCCC)c2cc(-c3ccc(-c4ccc(OCCCCCCCCOC5CCCCO5)cc4)cc3)ccc2-c2ccc(-c3ccc(-c4ccc(OCCCCCCCCOC5CCCCO5)cc4)cc3)cc21. The molecule has 6 aromatic carbocycles. The smallest absolute Gasteiger partial charge is 0.157 e. The first-order valence-corrected chi connectivity index (χ1v) is 36.0. The Hall–Kier alpha value is -5.24. The molecule has 6 heteroatoms. The van der Waals surface area contributed by atoms with Gasteiger partial charge in [-0.1, -0.05) is 253 Å². The van der Waals surface area contributed by atoms with E-state index in [9.17, 15) is 0 Å². The Labute approximate surface area is 533 Å². The molecule has 88 heavy (non-hydrogen) atoms. The highest BCUT2D eigenvalue weighted by Gasteiger charge is 2.47. The molecule has 0 radical (unpaired) electrons. The third-order valence-electron chi connectivity index (χ3n) is 19.6. The highest BCUT2D eigenvalue weighted by Crippen LogP contribution is 2.58. The first-order chi connectivity index (χ1) is 43.6. The van der Waals surface area contributed by atoms with Gasteiger partial charge in [0, 0.05) is 31.8 Å². The minimum absolute atomic E-state index is 0.0343. The Morgan fingerprint density at radius 2 is 0.705 bits per heavy atom. The minimum atomic E-state index is -0.0628. The molecule has 0 saturated carbocycles. The van der Waals surface area contributed by atoms with E-state index in [-0.39, 0.29) is 18.0 Å². The first-order valence-electron chi connectivity index (χ1n) is 36.0. The highest BCUT2D eigenvalue weighted by molar-refractivity contribution is 5.87. The zero-order valence-electron chi connectivity index (χ0n) is 55.0. The van der Waals surface area contributed by atoms with Crippen LogP contribution >= 0.6 is 0 Å². The van der Waals surface area contributed by atoms with Gasteiger partial charge in [-0.25, -0.2) is 0 Å². The van der Waals surface area contributed by atoms with Crippen LogP contribution in [0.25, 0.3) is 55.6 Å². The van der Waals surface area contributed by atoms with Gasteiger partial charge in [0.2, 0.25) is 0 Å². The molecule has 476 valence electrons. The molecule has 9 rings (SSSR count). The van der Waals surface area contributed by atoms with Crippen molar-refractivity contribution in [3.05, 3.63) is 145 Å². The van der Waals surface area contributed by atoms with E-state index in [0.29, 0.717) is 5.92 Å². The lowest BCUT2D eigenvalue weighted by molar-refractivity contribution is -0.163. The van der Waals surface area contributed by atoms with E-state index in [1.165, 1.54) is 229 Å². The van der Waals surface area contributed by atoms with Crippen LogP contribution in [0, 0.1) is 5.92 Å². The fourth-order valence-electron chi connectivity index (χ4n) is 14.4. The maximum absolute atomic E-state index is 6.22. The topological polar surface area (TPSA) is 55.4 Å². The Balaban J connectivity index is 0.846. The summed E-state index contributed by atoms with van der Waals surface area (Å²) in [6.07, 6.45) is 40.7. The number of hydrogen-bond donors (Lipinski definition) is 0. The molecule has 1 aliphatic carbocycles. The lowest BCUT2D eigenvalue weighted by Gasteiger charge is -2.41. The van der Waals surface area contributed by atoms with Crippen molar-refractivity contribution < 1.29 is 28.4 Å². The molecule has 0 N–H and O–H groups in total. The molecule has 6 aromatic rings. The van der Waals surface area contributed by atoms with Crippen LogP contribution in [-0.2, 0) is 24.4 Å². The van der Waals surface area contributed by atoms with Gasteiger partial charge in [-0.3, -0.25) is 0 Å². The monoisotopic (exact) mass is 1190 g/mol. The first kappa shape index (κ1) is 67.2. The second-order valence-electron chi connectivity index (χ2n) is 26.1. The van der Waals surface area contributed by atoms with Gasteiger partial charge in [0.15, 0.2) is 12.6 Å². The minimum Gasteiger partial charge on any atom is -0.494 e. The van der Waals surface area contributed by atoms with Gasteiger partial charge in [0.1, 0.15) is 11.5 Å². The second kappa shape index (κ2) is 37.8. The van der Waals surface area contributed by atoms with Gasteiger partial charge in [0.05, 0.1) is 13.2 Å². The Bertz CT molecular complexity index is 2670. The number of hydrogen-bond acceptors (Lipinski definition) is 6. The summed E-state index contributed by atoms with van der Waals surface area (Å²) in [5.41, 5.74) is 16.1. The molecular weight excluding hydrogens is 1080 g/mol. The third kappa shape index (κ3) is 20.1. The highest BCUT2D eigenvalue weighted by atomic mass is 16.7. The van der Waals surface area contributed by atoms with Gasteiger partial charge in [-0.2, -0.15) is 0 Å². The van der Waals surface area contributed by atoms with Gasteiger partial charge < -0.3 is 28.4 Å². The van der Waals surface area contributed by atoms with Crippen LogP contribution in [0.4, 0.5) is 0 Å². The van der Waals surface area contributed by atoms with Crippen molar-refractivity contribution in [1.82, 2.24) is 0 Å². The summed E-state index contributed by atoms with van der Waals surface area (Å²) in [7, 11) is 0. The second-order valence-corrected chi connectivity index (χ2v) is 26.1. The van der Waals surface area contributed by atoms with E-state index in [1.54, 1.807) is 11.1 Å². The summed E-state index contributed by atoms with van der Waals surface area (Å²) >= 11 is 0. The van der Waals surface area contributed by atoms with Crippen molar-refractivity contribution in [3.8, 4) is 67.1 Å². The van der Waals surface area contributed by atoms with Gasteiger partial charge >= 0.3 is 0 Å². The van der Waals surface area contributed by atoms with Crippen molar-refractivity contribution in [1.29, 1.82) is 0 Å².